The highest BCUT2D eigenvalue weighted by molar-refractivity contribution is 6.36. The van der Waals surface area contributed by atoms with E-state index in [4.69, 9.17) is 23.2 Å². The third-order valence-electron chi connectivity index (χ3n) is 4.14. The quantitative estimate of drug-likeness (QED) is 0.628. The fraction of sp³-hybridized carbons (Fsp3) is 0.167. The number of amidine groups is 1. The number of hydrogen-bond donors (Lipinski definition) is 2. The number of nitrogens with zero attached hydrogens (tertiary/aromatic N) is 1. The largest absolute Gasteiger partial charge is 0.368 e. The minimum atomic E-state index is 0. The number of aryl methyl sites for hydroxylation is 1. The molecule has 0 amide bonds. The number of benzene rings is 2. The highest BCUT2D eigenvalue weighted by Crippen LogP contribution is 2.33. The molecule has 0 atom stereocenters. The van der Waals surface area contributed by atoms with Crippen LogP contribution < -0.4 is 5.32 Å². The predicted octanol–water partition coefficient (Wildman–Crippen LogP) is 5.22. The highest BCUT2D eigenvalue weighted by Gasteiger charge is 2.17. The molecule has 0 unspecified atom stereocenters. The molecule has 1 aliphatic rings. The molecule has 0 spiro atoms. The topological polar surface area (TPSA) is 40.2 Å². The summed E-state index contributed by atoms with van der Waals surface area (Å²) >= 11 is 12.4. The highest BCUT2D eigenvalue weighted by atomic mass is 35.5. The SMILES string of the molecule is Cc1[nH]c2ccc(-c3ccc(Cl)cc3Cl)cc2c1C1=NCCN1.Cl. The van der Waals surface area contributed by atoms with Crippen LogP contribution in [0.4, 0.5) is 0 Å². The van der Waals surface area contributed by atoms with Crippen LogP contribution in [-0.2, 0) is 0 Å². The maximum absolute atomic E-state index is 6.36. The summed E-state index contributed by atoms with van der Waals surface area (Å²) < 4.78 is 0. The lowest BCUT2D eigenvalue weighted by Gasteiger charge is -2.07. The summed E-state index contributed by atoms with van der Waals surface area (Å²) in [4.78, 5) is 7.99. The summed E-state index contributed by atoms with van der Waals surface area (Å²) in [5.74, 6) is 0.966. The molecule has 6 heteroatoms. The summed E-state index contributed by atoms with van der Waals surface area (Å²) in [7, 11) is 0. The summed E-state index contributed by atoms with van der Waals surface area (Å²) in [6.45, 7) is 3.79. The Hall–Kier alpha value is -1.68. The average Bonchev–Trinajstić information content (AvgIpc) is 3.13. The molecule has 0 aliphatic carbocycles. The van der Waals surface area contributed by atoms with Crippen molar-refractivity contribution in [2.24, 2.45) is 4.99 Å². The van der Waals surface area contributed by atoms with Crippen molar-refractivity contribution in [2.75, 3.05) is 13.1 Å². The number of rotatable bonds is 2. The number of H-pyrrole nitrogens is 1. The summed E-state index contributed by atoms with van der Waals surface area (Å²) in [5.41, 5.74) is 5.40. The summed E-state index contributed by atoms with van der Waals surface area (Å²) in [5, 5.41) is 5.80. The first kappa shape index (κ1) is 17.2. The molecular formula is C18H16Cl3N3. The Morgan fingerprint density at radius 2 is 1.92 bits per heavy atom. The molecule has 24 heavy (non-hydrogen) atoms. The molecule has 0 saturated heterocycles. The molecule has 3 aromatic rings. The summed E-state index contributed by atoms with van der Waals surface area (Å²) in [6.07, 6.45) is 0. The van der Waals surface area contributed by atoms with Crippen molar-refractivity contribution in [3.8, 4) is 11.1 Å². The number of hydrogen-bond acceptors (Lipinski definition) is 2. The lowest BCUT2D eigenvalue weighted by atomic mass is 10.0. The molecule has 0 fully saturated rings. The van der Waals surface area contributed by atoms with Gasteiger partial charge in [0, 0.05) is 44.3 Å². The van der Waals surface area contributed by atoms with Crippen molar-refractivity contribution in [3.05, 3.63) is 57.7 Å². The van der Waals surface area contributed by atoms with E-state index in [0.717, 1.165) is 52.2 Å². The molecule has 1 aliphatic heterocycles. The number of aromatic nitrogens is 1. The van der Waals surface area contributed by atoms with E-state index in [1.165, 1.54) is 0 Å². The van der Waals surface area contributed by atoms with Crippen LogP contribution >= 0.6 is 35.6 Å². The van der Waals surface area contributed by atoms with E-state index in [9.17, 15) is 0 Å². The molecule has 2 N–H and O–H groups in total. The first-order valence-electron chi connectivity index (χ1n) is 7.50. The van der Waals surface area contributed by atoms with Gasteiger partial charge in [0.25, 0.3) is 0 Å². The molecule has 3 nitrogen and oxygen atoms in total. The van der Waals surface area contributed by atoms with Gasteiger partial charge in [-0.2, -0.15) is 0 Å². The Labute approximate surface area is 156 Å². The third kappa shape index (κ3) is 2.88. The Kier molecular flexibility index (Phi) is 4.77. The van der Waals surface area contributed by atoms with Gasteiger partial charge >= 0.3 is 0 Å². The van der Waals surface area contributed by atoms with Crippen molar-refractivity contribution in [1.82, 2.24) is 10.3 Å². The fourth-order valence-corrected chi connectivity index (χ4v) is 3.61. The molecule has 1 aromatic heterocycles. The molecule has 4 rings (SSSR count). The minimum Gasteiger partial charge on any atom is -0.368 e. The van der Waals surface area contributed by atoms with E-state index in [-0.39, 0.29) is 12.4 Å². The van der Waals surface area contributed by atoms with Crippen LogP contribution in [-0.4, -0.2) is 23.9 Å². The van der Waals surface area contributed by atoms with Crippen LogP contribution in [0.5, 0.6) is 0 Å². The maximum atomic E-state index is 6.36. The Balaban J connectivity index is 0.00000169. The van der Waals surface area contributed by atoms with Gasteiger partial charge in [0.05, 0.1) is 6.54 Å². The second-order valence-corrected chi connectivity index (χ2v) is 6.51. The van der Waals surface area contributed by atoms with Crippen molar-refractivity contribution in [1.29, 1.82) is 0 Å². The minimum absolute atomic E-state index is 0. The molecular weight excluding hydrogens is 365 g/mol. The Morgan fingerprint density at radius 1 is 1.08 bits per heavy atom. The van der Waals surface area contributed by atoms with E-state index in [1.54, 1.807) is 6.07 Å². The molecule has 2 heterocycles. The van der Waals surface area contributed by atoms with Gasteiger partial charge in [0.15, 0.2) is 0 Å². The van der Waals surface area contributed by atoms with Crippen LogP contribution in [0.2, 0.25) is 10.0 Å². The zero-order chi connectivity index (χ0) is 16.0. The molecule has 0 saturated carbocycles. The van der Waals surface area contributed by atoms with E-state index < -0.39 is 0 Å². The van der Waals surface area contributed by atoms with E-state index in [1.807, 2.05) is 12.1 Å². The van der Waals surface area contributed by atoms with E-state index >= 15 is 0 Å². The van der Waals surface area contributed by atoms with E-state index in [2.05, 4.69) is 40.4 Å². The Morgan fingerprint density at radius 3 is 2.62 bits per heavy atom. The first-order valence-corrected chi connectivity index (χ1v) is 8.25. The van der Waals surface area contributed by atoms with Gasteiger partial charge in [-0.05, 0) is 36.8 Å². The smallest absolute Gasteiger partial charge is 0.130 e. The van der Waals surface area contributed by atoms with Gasteiger partial charge in [0.1, 0.15) is 5.84 Å². The lowest BCUT2D eigenvalue weighted by molar-refractivity contribution is 0.960. The van der Waals surface area contributed by atoms with Gasteiger partial charge in [-0.15, -0.1) is 12.4 Å². The zero-order valence-electron chi connectivity index (χ0n) is 13.0. The monoisotopic (exact) mass is 379 g/mol. The van der Waals surface area contributed by atoms with Gasteiger partial charge in [-0.1, -0.05) is 35.3 Å². The van der Waals surface area contributed by atoms with Crippen LogP contribution in [0.25, 0.3) is 22.0 Å². The lowest BCUT2D eigenvalue weighted by Crippen LogP contribution is -2.19. The second kappa shape index (κ2) is 6.67. The number of halogens is 3. The van der Waals surface area contributed by atoms with Crippen molar-refractivity contribution in [2.45, 2.75) is 6.92 Å². The summed E-state index contributed by atoms with van der Waals surface area (Å²) in [6, 6.07) is 11.9. The van der Waals surface area contributed by atoms with Crippen LogP contribution in [0.1, 0.15) is 11.3 Å². The maximum Gasteiger partial charge on any atom is 0.130 e. The number of aromatic amines is 1. The number of fused-ring (bicyclic) bond motifs is 1. The van der Waals surface area contributed by atoms with Crippen molar-refractivity contribution >= 4 is 52.3 Å². The second-order valence-electron chi connectivity index (χ2n) is 5.67. The Bertz CT molecular complexity index is 944. The zero-order valence-corrected chi connectivity index (χ0v) is 15.3. The fourth-order valence-electron chi connectivity index (χ4n) is 3.09. The third-order valence-corrected chi connectivity index (χ3v) is 4.69. The standard InChI is InChI=1S/C18H15Cl2N3.ClH/c1-10-17(18-21-6-7-22-18)14-8-11(2-5-16(14)23-10)13-4-3-12(19)9-15(13)20;/h2-5,8-9,23H,6-7H2,1H3,(H,21,22);1H. The van der Waals surface area contributed by atoms with Crippen LogP contribution in [0.15, 0.2) is 41.4 Å². The normalized spacial score (nSPS) is 13.5. The van der Waals surface area contributed by atoms with Crippen LogP contribution in [0.3, 0.4) is 0 Å². The number of aliphatic imine (C=N–C) groups is 1. The molecule has 0 bridgehead atoms. The number of nitrogens with one attached hydrogen (secondary N) is 2. The molecule has 124 valence electrons. The van der Waals surface area contributed by atoms with Crippen molar-refractivity contribution in [3.63, 3.8) is 0 Å². The van der Waals surface area contributed by atoms with E-state index in [0.29, 0.717) is 10.0 Å². The molecule has 2 aromatic carbocycles. The van der Waals surface area contributed by atoms with Gasteiger partial charge in [0.2, 0.25) is 0 Å². The predicted molar refractivity (Wildman–Crippen MR) is 105 cm³/mol. The van der Waals surface area contributed by atoms with Crippen LogP contribution in [0, 0.1) is 6.92 Å². The molecule has 0 radical (unpaired) electrons. The van der Waals surface area contributed by atoms with Crippen molar-refractivity contribution < 1.29 is 0 Å². The van der Waals surface area contributed by atoms with Gasteiger partial charge in [-0.3, -0.25) is 4.99 Å². The van der Waals surface area contributed by atoms with Gasteiger partial charge < -0.3 is 10.3 Å². The average molecular weight is 381 g/mol. The van der Waals surface area contributed by atoms with Gasteiger partial charge in [-0.25, -0.2) is 0 Å². The first-order chi connectivity index (χ1) is 11.1.